The van der Waals surface area contributed by atoms with Gasteiger partial charge in [-0.1, -0.05) is 18.2 Å². The molecule has 4 rings (SSSR count). The second kappa shape index (κ2) is 6.31. The summed E-state index contributed by atoms with van der Waals surface area (Å²) in [6, 6.07) is 8.31. The van der Waals surface area contributed by atoms with E-state index in [9.17, 15) is 0 Å². The number of anilines is 1. The van der Waals surface area contributed by atoms with Crippen LogP contribution in [-0.4, -0.2) is 47.5 Å². The number of imidazole rings is 1. The maximum atomic E-state index is 4.82. The van der Waals surface area contributed by atoms with E-state index in [-0.39, 0.29) is 0 Å². The van der Waals surface area contributed by atoms with Crippen LogP contribution in [0.15, 0.2) is 35.8 Å². The molecule has 0 bridgehead atoms. The van der Waals surface area contributed by atoms with E-state index in [2.05, 4.69) is 49.7 Å². The zero-order chi connectivity index (χ0) is 15.6. The maximum Gasteiger partial charge on any atom is 0.194 e. The van der Waals surface area contributed by atoms with Crippen LogP contribution in [0.25, 0.3) is 16.2 Å². The number of nitrogens with zero attached hydrogens (tertiary/aromatic N) is 3. The van der Waals surface area contributed by atoms with Crippen molar-refractivity contribution in [2.45, 2.75) is 6.54 Å². The lowest BCUT2D eigenvalue weighted by Crippen LogP contribution is -2.43. The summed E-state index contributed by atoms with van der Waals surface area (Å²) in [4.78, 5) is 8.38. The Morgan fingerprint density at radius 2 is 2.09 bits per heavy atom. The summed E-state index contributed by atoms with van der Waals surface area (Å²) in [6.45, 7) is 5.38. The molecular weight excluding hydrogens is 306 g/mol. The van der Waals surface area contributed by atoms with E-state index in [4.69, 9.17) is 4.98 Å². The number of nitrogens with one attached hydrogen (secondary N) is 2. The largest absolute Gasteiger partial charge is 0.388 e. The van der Waals surface area contributed by atoms with Crippen molar-refractivity contribution in [3.05, 3.63) is 41.5 Å². The van der Waals surface area contributed by atoms with Crippen LogP contribution in [0.5, 0.6) is 0 Å². The van der Waals surface area contributed by atoms with Gasteiger partial charge in [0.25, 0.3) is 0 Å². The quantitative estimate of drug-likeness (QED) is 0.773. The molecule has 0 radical (unpaired) electrons. The molecule has 120 valence electrons. The smallest absolute Gasteiger partial charge is 0.194 e. The Hall–Kier alpha value is -1.89. The number of rotatable bonds is 4. The molecular formula is C17H21N5S. The highest BCUT2D eigenvalue weighted by atomic mass is 32.1. The second-order valence-electron chi connectivity index (χ2n) is 5.83. The molecule has 3 heterocycles. The van der Waals surface area contributed by atoms with Gasteiger partial charge in [-0.2, -0.15) is 0 Å². The topological polar surface area (TPSA) is 44.6 Å². The first-order valence-electron chi connectivity index (χ1n) is 8.01. The molecule has 1 aliphatic heterocycles. The van der Waals surface area contributed by atoms with Gasteiger partial charge in [0.05, 0.1) is 5.69 Å². The molecule has 2 N–H and O–H groups in total. The number of aromatic nitrogens is 2. The van der Waals surface area contributed by atoms with Gasteiger partial charge in [-0.05, 0) is 6.07 Å². The number of thiazole rings is 1. The van der Waals surface area contributed by atoms with E-state index in [1.807, 2.05) is 13.1 Å². The summed E-state index contributed by atoms with van der Waals surface area (Å²) >= 11 is 1.72. The van der Waals surface area contributed by atoms with Gasteiger partial charge in [0.1, 0.15) is 0 Å². The van der Waals surface area contributed by atoms with Crippen molar-refractivity contribution in [3.8, 4) is 11.3 Å². The fourth-order valence-corrected chi connectivity index (χ4v) is 3.96. The van der Waals surface area contributed by atoms with Crippen molar-refractivity contribution in [2.75, 3.05) is 38.5 Å². The van der Waals surface area contributed by atoms with Crippen molar-refractivity contribution in [3.63, 3.8) is 0 Å². The van der Waals surface area contributed by atoms with E-state index < -0.39 is 0 Å². The van der Waals surface area contributed by atoms with E-state index in [1.165, 1.54) is 5.69 Å². The molecule has 0 saturated carbocycles. The van der Waals surface area contributed by atoms with Crippen LogP contribution in [0.1, 0.15) is 5.69 Å². The zero-order valence-corrected chi connectivity index (χ0v) is 14.1. The van der Waals surface area contributed by atoms with Crippen molar-refractivity contribution >= 4 is 22.0 Å². The third-order valence-corrected chi connectivity index (χ3v) is 5.24. The van der Waals surface area contributed by atoms with Gasteiger partial charge in [-0.3, -0.25) is 9.30 Å². The SMILES string of the molecule is CNc1ccccc1-c1cn2c(CN3CCNCC3)csc2n1. The van der Waals surface area contributed by atoms with E-state index in [0.29, 0.717) is 0 Å². The van der Waals surface area contributed by atoms with Crippen LogP contribution < -0.4 is 10.6 Å². The van der Waals surface area contributed by atoms with Gasteiger partial charge in [0, 0.05) is 68.3 Å². The first-order valence-corrected chi connectivity index (χ1v) is 8.89. The molecule has 1 saturated heterocycles. The fraction of sp³-hybridized carbons (Fsp3) is 0.353. The number of piperazine rings is 1. The summed E-state index contributed by atoms with van der Waals surface area (Å²) in [7, 11) is 1.95. The molecule has 5 nitrogen and oxygen atoms in total. The third kappa shape index (κ3) is 2.85. The van der Waals surface area contributed by atoms with Crippen LogP contribution in [0.2, 0.25) is 0 Å². The molecule has 0 unspecified atom stereocenters. The molecule has 23 heavy (non-hydrogen) atoms. The lowest BCUT2D eigenvalue weighted by Gasteiger charge is -2.26. The number of hydrogen-bond donors (Lipinski definition) is 2. The average Bonchev–Trinajstić information content (AvgIpc) is 3.18. The van der Waals surface area contributed by atoms with Crippen molar-refractivity contribution in [1.82, 2.24) is 19.6 Å². The zero-order valence-electron chi connectivity index (χ0n) is 13.2. The van der Waals surface area contributed by atoms with E-state index in [1.54, 1.807) is 11.3 Å². The van der Waals surface area contributed by atoms with Crippen molar-refractivity contribution < 1.29 is 0 Å². The highest BCUT2D eigenvalue weighted by molar-refractivity contribution is 7.15. The van der Waals surface area contributed by atoms with Gasteiger partial charge in [-0.15, -0.1) is 11.3 Å². The number of para-hydroxylation sites is 1. The summed E-state index contributed by atoms with van der Waals surface area (Å²) in [5.74, 6) is 0. The molecule has 0 atom stereocenters. The van der Waals surface area contributed by atoms with Crippen LogP contribution in [0, 0.1) is 0 Å². The van der Waals surface area contributed by atoms with Crippen LogP contribution >= 0.6 is 11.3 Å². The molecule has 3 aromatic rings. The summed E-state index contributed by atoms with van der Waals surface area (Å²) < 4.78 is 2.24. The molecule has 1 aliphatic rings. The fourth-order valence-electron chi connectivity index (χ4n) is 3.10. The van der Waals surface area contributed by atoms with Crippen LogP contribution in [0.4, 0.5) is 5.69 Å². The minimum absolute atomic E-state index is 0.991. The molecule has 1 fully saturated rings. The summed E-state index contributed by atoms with van der Waals surface area (Å²) in [6.07, 6.45) is 2.17. The minimum atomic E-state index is 0.991. The van der Waals surface area contributed by atoms with Gasteiger partial charge >= 0.3 is 0 Å². The van der Waals surface area contributed by atoms with Crippen molar-refractivity contribution in [2.24, 2.45) is 0 Å². The predicted octanol–water partition coefficient (Wildman–Crippen LogP) is 2.51. The van der Waals surface area contributed by atoms with E-state index >= 15 is 0 Å². The Bertz CT molecular complexity index is 800. The Morgan fingerprint density at radius 3 is 2.91 bits per heavy atom. The third-order valence-electron chi connectivity index (χ3n) is 4.35. The van der Waals surface area contributed by atoms with Crippen LogP contribution in [0.3, 0.4) is 0 Å². The normalized spacial score (nSPS) is 16.0. The second-order valence-corrected chi connectivity index (χ2v) is 6.66. The Balaban J connectivity index is 1.66. The van der Waals surface area contributed by atoms with Crippen LogP contribution in [-0.2, 0) is 6.54 Å². The molecule has 0 spiro atoms. The summed E-state index contributed by atoms with van der Waals surface area (Å²) in [5.41, 5.74) is 4.62. The maximum absolute atomic E-state index is 4.82. The molecule has 2 aromatic heterocycles. The van der Waals surface area contributed by atoms with Gasteiger partial charge in [0.2, 0.25) is 0 Å². The minimum Gasteiger partial charge on any atom is -0.388 e. The summed E-state index contributed by atoms with van der Waals surface area (Å²) in [5, 5.41) is 8.89. The Kier molecular flexibility index (Phi) is 4.03. The number of fused-ring (bicyclic) bond motifs is 1. The standard InChI is InChI=1S/C17H21N5S/c1-18-15-5-3-2-4-14(15)16-11-22-13(12-23-17(22)20-16)10-21-8-6-19-7-9-21/h2-5,11-12,18-19H,6-10H2,1H3. The van der Waals surface area contributed by atoms with Gasteiger partial charge < -0.3 is 10.6 Å². The Labute approximate surface area is 140 Å². The predicted molar refractivity (Wildman–Crippen MR) is 96.2 cm³/mol. The Morgan fingerprint density at radius 1 is 1.26 bits per heavy atom. The number of hydrogen-bond acceptors (Lipinski definition) is 5. The first-order chi connectivity index (χ1) is 11.3. The number of benzene rings is 1. The molecule has 1 aromatic carbocycles. The average molecular weight is 327 g/mol. The van der Waals surface area contributed by atoms with E-state index in [0.717, 1.165) is 54.6 Å². The molecule has 0 amide bonds. The molecule has 0 aliphatic carbocycles. The van der Waals surface area contributed by atoms with Gasteiger partial charge in [-0.25, -0.2) is 4.98 Å². The lowest BCUT2D eigenvalue weighted by molar-refractivity contribution is 0.230. The first kappa shape index (κ1) is 14.7. The monoisotopic (exact) mass is 327 g/mol. The lowest BCUT2D eigenvalue weighted by atomic mass is 10.1. The highest BCUT2D eigenvalue weighted by Gasteiger charge is 2.15. The molecule has 6 heteroatoms. The van der Waals surface area contributed by atoms with Crippen molar-refractivity contribution in [1.29, 1.82) is 0 Å². The highest BCUT2D eigenvalue weighted by Crippen LogP contribution is 2.29. The van der Waals surface area contributed by atoms with Gasteiger partial charge in [0.15, 0.2) is 4.96 Å².